The molecule has 8 nitrogen and oxygen atoms in total. The Morgan fingerprint density at radius 1 is 1.15 bits per heavy atom. The van der Waals surface area contributed by atoms with Crippen LogP contribution in [0.4, 0.5) is 10.8 Å². The number of anilines is 2. The normalized spacial score (nSPS) is 12.5. The topological polar surface area (TPSA) is 82.8 Å². The van der Waals surface area contributed by atoms with Crippen molar-refractivity contribution in [2.75, 3.05) is 19.2 Å². The minimum absolute atomic E-state index is 0.263. The van der Waals surface area contributed by atoms with E-state index in [4.69, 9.17) is 14.2 Å². The molecule has 0 bridgehead atoms. The molecule has 2 aromatic heterocycles. The number of fused-ring (bicyclic) bond motifs is 2. The first kappa shape index (κ1) is 15.9. The van der Waals surface area contributed by atoms with Gasteiger partial charge in [0.1, 0.15) is 5.75 Å². The monoisotopic (exact) mass is 381 g/mol. The molecule has 27 heavy (non-hydrogen) atoms. The van der Waals surface area contributed by atoms with E-state index in [1.54, 1.807) is 11.6 Å². The van der Waals surface area contributed by atoms with E-state index < -0.39 is 0 Å². The standard InChI is InChI=1S/C18H15N5O3S/c1-24-13-4-2-3-12(9-13)19-17-22-23-16(20-21-18(23)27-17)8-11-5-6-14-15(7-11)26-10-25-14/h2-7,9H,8,10H2,1H3,(H,19,22). The van der Waals surface area contributed by atoms with Crippen molar-refractivity contribution in [3.8, 4) is 17.2 Å². The van der Waals surface area contributed by atoms with Crippen LogP contribution in [-0.4, -0.2) is 33.7 Å². The van der Waals surface area contributed by atoms with Crippen molar-refractivity contribution in [2.45, 2.75) is 6.42 Å². The van der Waals surface area contributed by atoms with Crippen LogP contribution in [-0.2, 0) is 6.42 Å². The number of nitrogens with zero attached hydrogens (tertiary/aromatic N) is 4. The number of hydrogen-bond donors (Lipinski definition) is 1. The summed E-state index contributed by atoms with van der Waals surface area (Å²) >= 11 is 1.44. The molecule has 0 amide bonds. The lowest BCUT2D eigenvalue weighted by atomic mass is 10.1. The van der Waals surface area contributed by atoms with Gasteiger partial charge in [0.25, 0.3) is 0 Å². The Balaban J connectivity index is 1.40. The summed E-state index contributed by atoms with van der Waals surface area (Å²) in [5.41, 5.74) is 1.96. The number of hydrogen-bond acceptors (Lipinski definition) is 8. The molecule has 9 heteroatoms. The van der Waals surface area contributed by atoms with Crippen molar-refractivity contribution < 1.29 is 14.2 Å². The van der Waals surface area contributed by atoms with Crippen LogP contribution in [0.3, 0.4) is 0 Å². The molecule has 0 radical (unpaired) electrons. The fourth-order valence-corrected chi connectivity index (χ4v) is 3.65. The Hall–Kier alpha value is -3.33. The van der Waals surface area contributed by atoms with E-state index in [-0.39, 0.29) is 6.79 Å². The van der Waals surface area contributed by atoms with E-state index in [0.717, 1.165) is 44.4 Å². The van der Waals surface area contributed by atoms with Gasteiger partial charge >= 0.3 is 0 Å². The van der Waals surface area contributed by atoms with Gasteiger partial charge in [0, 0.05) is 18.2 Å². The van der Waals surface area contributed by atoms with Gasteiger partial charge in [-0.15, -0.1) is 15.3 Å². The summed E-state index contributed by atoms with van der Waals surface area (Å²) in [6.45, 7) is 0.263. The summed E-state index contributed by atoms with van der Waals surface area (Å²) in [6.07, 6.45) is 0.597. The molecule has 2 aromatic carbocycles. The van der Waals surface area contributed by atoms with E-state index in [9.17, 15) is 0 Å². The quantitative estimate of drug-likeness (QED) is 0.568. The number of nitrogens with one attached hydrogen (secondary N) is 1. The maximum absolute atomic E-state index is 5.44. The fourth-order valence-electron chi connectivity index (χ4n) is 2.88. The van der Waals surface area contributed by atoms with Crippen LogP contribution in [0.15, 0.2) is 42.5 Å². The molecule has 0 spiro atoms. The van der Waals surface area contributed by atoms with Crippen molar-refractivity contribution in [1.82, 2.24) is 19.8 Å². The second kappa shape index (κ2) is 6.44. The number of ether oxygens (including phenoxy) is 3. The van der Waals surface area contributed by atoms with E-state index in [1.807, 2.05) is 42.5 Å². The maximum Gasteiger partial charge on any atom is 0.236 e. The van der Waals surface area contributed by atoms with Crippen LogP contribution in [0.25, 0.3) is 4.96 Å². The van der Waals surface area contributed by atoms with Crippen molar-refractivity contribution in [2.24, 2.45) is 0 Å². The van der Waals surface area contributed by atoms with Crippen LogP contribution in [0, 0.1) is 0 Å². The second-order valence-corrected chi connectivity index (χ2v) is 6.90. The van der Waals surface area contributed by atoms with Gasteiger partial charge in [-0.3, -0.25) is 0 Å². The highest BCUT2D eigenvalue weighted by Crippen LogP contribution is 2.33. The summed E-state index contributed by atoms with van der Waals surface area (Å²) < 4.78 is 17.8. The number of benzene rings is 2. The molecule has 1 N–H and O–H groups in total. The van der Waals surface area contributed by atoms with Crippen molar-refractivity contribution >= 4 is 27.1 Å². The van der Waals surface area contributed by atoms with Crippen LogP contribution < -0.4 is 19.5 Å². The lowest BCUT2D eigenvalue weighted by Gasteiger charge is -2.04. The zero-order valence-corrected chi connectivity index (χ0v) is 15.2. The molecule has 0 unspecified atom stereocenters. The van der Waals surface area contributed by atoms with Crippen LogP contribution in [0.5, 0.6) is 17.2 Å². The molecular formula is C18H15N5O3S. The highest BCUT2D eigenvalue weighted by molar-refractivity contribution is 7.20. The van der Waals surface area contributed by atoms with E-state index in [0.29, 0.717) is 6.42 Å². The first-order valence-corrected chi connectivity index (χ1v) is 9.11. The molecule has 3 heterocycles. The van der Waals surface area contributed by atoms with E-state index in [1.165, 1.54) is 11.3 Å². The van der Waals surface area contributed by atoms with Gasteiger partial charge in [0.15, 0.2) is 17.3 Å². The van der Waals surface area contributed by atoms with Gasteiger partial charge in [-0.2, -0.15) is 4.52 Å². The summed E-state index contributed by atoms with van der Waals surface area (Å²) in [5, 5.41) is 17.1. The van der Waals surface area contributed by atoms with Gasteiger partial charge in [-0.05, 0) is 29.8 Å². The highest BCUT2D eigenvalue weighted by Gasteiger charge is 2.16. The zero-order valence-electron chi connectivity index (χ0n) is 14.4. The molecule has 1 aliphatic heterocycles. The Labute approximate surface area is 158 Å². The fraction of sp³-hybridized carbons (Fsp3) is 0.167. The lowest BCUT2D eigenvalue weighted by Crippen LogP contribution is -1.99. The molecule has 5 rings (SSSR count). The Morgan fingerprint density at radius 2 is 2.07 bits per heavy atom. The van der Waals surface area contributed by atoms with Gasteiger partial charge in [0.2, 0.25) is 16.9 Å². The van der Waals surface area contributed by atoms with Crippen LogP contribution >= 0.6 is 11.3 Å². The predicted octanol–water partition coefficient (Wildman–Crippen LogP) is 3.26. The molecule has 0 saturated heterocycles. The average Bonchev–Trinajstić information content (AvgIpc) is 3.39. The van der Waals surface area contributed by atoms with Gasteiger partial charge in [0.05, 0.1) is 7.11 Å². The summed E-state index contributed by atoms with van der Waals surface area (Å²) in [5.74, 6) is 3.07. The zero-order chi connectivity index (χ0) is 18.2. The van der Waals surface area contributed by atoms with Gasteiger partial charge < -0.3 is 19.5 Å². The highest BCUT2D eigenvalue weighted by atomic mass is 32.1. The van der Waals surface area contributed by atoms with E-state index >= 15 is 0 Å². The number of aromatic nitrogens is 4. The SMILES string of the molecule is COc1cccc(Nc2nn3c(Cc4ccc5c(c4)OCO5)nnc3s2)c1. The molecule has 0 saturated carbocycles. The summed E-state index contributed by atoms with van der Waals surface area (Å²) in [6, 6.07) is 13.6. The smallest absolute Gasteiger partial charge is 0.236 e. The Morgan fingerprint density at radius 3 is 3.00 bits per heavy atom. The molecule has 0 aliphatic carbocycles. The predicted molar refractivity (Wildman–Crippen MR) is 100 cm³/mol. The summed E-state index contributed by atoms with van der Waals surface area (Å²) in [4.78, 5) is 0.733. The molecule has 0 atom stereocenters. The average molecular weight is 381 g/mol. The number of methoxy groups -OCH3 is 1. The van der Waals surface area contributed by atoms with E-state index in [2.05, 4.69) is 20.6 Å². The Kier molecular flexibility index (Phi) is 3.79. The number of rotatable bonds is 5. The third-order valence-corrected chi connectivity index (χ3v) is 4.99. The minimum Gasteiger partial charge on any atom is -0.497 e. The summed E-state index contributed by atoms with van der Waals surface area (Å²) in [7, 11) is 1.64. The maximum atomic E-state index is 5.44. The third-order valence-electron chi connectivity index (χ3n) is 4.18. The van der Waals surface area contributed by atoms with Crippen LogP contribution in [0.1, 0.15) is 11.4 Å². The van der Waals surface area contributed by atoms with Gasteiger partial charge in [-0.25, -0.2) is 0 Å². The van der Waals surface area contributed by atoms with Gasteiger partial charge in [-0.1, -0.05) is 23.5 Å². The minimum atomic E-state index is 0.263. The Bertz CT molecular complexity index is 1120. The third kappa shape index (κ3) is 3.02. The lowest BCUT2D eigenvalue weighted by molar-refractivity contribution is 0.174. The molecule has 136 valence electrons. The first-order valence-electron chi connectivity index (χ1n) is 8.29. The molecule has 0 fully saturated rings. The van der Waals surface area contributed by atoms with Crippen molar-refractivity contribution in [1.29, 1.82) is 0 Å². The molecule has 4 aromatic rings. The second-order valence-electron chi connectivity index (χ2n) is 5.94. The van der Waals surface area contributed by atoms with Crippen molar-refractivity contribution in [3.63, 3.8) is 0 Å². The van der Waals surface area contributed by atoms with Crippen molar-refractivity contribution in [3.05, 3.63) is 53.9 Å². The first-order chi connectivity index (χ1) is 13.3. The van der Waals surface area contributed by atoms with Crippen LogP contribution in [0.2, 0.25) is 0 Å². The molecular weight excluding hydrogens is 366 g/mol. The molecule has 1 aliphatic rings. The largest absolute Gasteiger partial charge is 0.497 e.